The maximum Gasteiger partial charge on any atom is 0.329 e. The van der Waals surface area contributed by atoms with Crippen molar-refractivity contribution in [2.45, 2.75) is 38.1 Å². The molecule has 1 saturated heterocycles. The molecule has 1 aliphatic heterocycles. The SMILES string of the molecule is CNC(=O)C1CCN(C(=O)NC(C)(C(=O)O)C2CC2)CC1. The van der Waals surface area contributed by atoms with Gasteiger partial charge in [-0.2, -0.15) is 0 Å². The first-order chi connectivity index (χ1) is 9.88. The number of aliphatic carboxylic acids is 1. The molecule has 1 heterocycles. The largest absolute Gasteiger partial charge is 0.480 e. The molecule has 0 aromatic carbocycles. The highest BCUT2D eigenvalue weighted by atomic mass is 16.4. The number of carbonyl (C=O) groups is 3. The molecule has 118 valence electrons. The lowest BCUT2D eigenvalue weighted by molar-refractivity contribution is -0.144. The highest BCUT2D eigenvalue weighted by molar-refractivity contribution is 5.87. The zero-order chi connectivity index (χ0) is 15.6. The van der Waals surface area contributed by atoms with Gasteiger partial charge in [-0.1, -0.05) is 0 Å². The van der Waals surface area contributed by atoms with Crippen LogP contribution in [0, 0.1) is 11.8 Å². The Bertz CT molecular complexity index is 442. The van der Waals surface area contributed by atoms with Crippen molar-refractivity contribution >= 4 is 17.9 Å². The summed E-state index contributed by atoms with van der Waals surface area (Å²) in [5, 5.41) is 14.6. The van der Waals surface area contributed by atoms with Crippen LogP contribution in [0.4, 0.5) is 4.79 Å². The Morgan fingerprint density at radius 1 is 1.14 bits per heavy atom. The fourth-order valence-electron chi connectivity index (χ4n) is 2.84. The van der Waals surface area contributed by atoms with Gasteiger partial charge in [-0.3, -0.25) is 4.79 Å². The van der Waals surface area contributed by atoms with Gasteiger partial charge in [0.1, 0.15) is 5.54 Å². The summed E-state index contributed by atoms with van der Waals surface area (Å²) in [6.45, 7) is 2.52. The van der Waals surface area contributed by atoms with Crippen LogP contribution in [0.3, 0.4) is 0 Å². The van der Waals surface area contributed by atoms with Gasteiger partial charge in [0.25, 0.3) is 0 Å². The van der Waals surface area contributed by atoms with Gasteiger partial charge in [0.2, 0.25) is 5.91 Å². The van der Waals surface area contributed by atoms with Crippen LogP contribution < -0.4 is 10.6 Å². The van der Waals surface area contributed by atoms with Gasteiger partial charge in [0.15, 0.2) is 0 Å². The molecule has 0 bridgehead atoms. The first-order valence-electron chi connectivity index (χ1n) is 7.40. The quantitative estimate of drug-likeness (QED) is 0.700. The molecule has 1 atom stereocenters. The Labute approximate surface area is 124 Å². The normalized spacial score (nSPS) is 22.3. The van der Waals surface area contributed by atoms with E-state index in [-0.39, 0.29) is 23.8 Å². The third-order valence-electron chi connectivity index (χ3n) is 4.60. The number of hydrogen-bond acceptors (Lipinski definition) is 3. The second-order valence-corrected chi connectivity index (χ2v) is 6.09. The summed E-state index contributed by atoms with van der Waals surface area (Å²) >= 11 is 0. The molecule has 7 nitrogen and oxygen atoms in total. The number of hydrogen-bond donors (Lipinski definition) is 3. The minimum Gasteiger partial charge on any atom is -0.480 e. The van der Waals surface area contributed by atoms with Crippen LogP contribution in [0.1, 0.15) is 32.6 Å². The summed E-state index contributed by atoms with van der Waals surface area (Å²) in [5.74, 6) is -1.03. The lowest BCUT2D eigenvalue weighted by atomic mass is 9.95. The van der Waals surface area contributed by atoms with Crippen molar-refractivity contribution in [3.8, 4) is 0 Å². The Hall–Kier alpha value is -1.79. The van der Waals surface area contributed by atoms with Gasteiger partial charge >= 0.3 is 12.0 Å². The van der Waals surface area contributed by atoms with Crippen molar-refractivity contribution in [3.63, 3.8) is 0 Å². The summed E-state index contributed by atoms with van der Waals surface area (Å²) in [5.41, 5.74) is -1.19. The van der Waals surface area contributed by atoms with E-state index in [0.717, 1.165) is 12.8 Å². The number of urea groups is 1. The minimum atomic E-state index is -1.19. The third kappa shape index (κ3) is 3.28. The minimum absolute atomic E-state index is 0.00316. The predicted octanol–water partition coefficient (Wildman–Crippen LogP) is 0.407. The lowest BCUT2D eigenvalue weighted by Gasteiger charge is -2.34. The highest BCUT2D eigenvalue weighted by Crippen LogP contribution is 2.39. The van der Waals surface area contributed by atoms with Crippen molar-refractivity contribution < 1.29 is 19.5 Å². The van der Waals surface area contributed by atoms with Gasteiger partial charge in [0.05, 0.1) is 0 Å². The predicted molar refractivity (Wildman–Crippen MR) is 75.7 cm³/mol. The van der Waals surface area contributed by atoms with Crippen molar-refractivity contribution in [1.82, 2.24) is 15.5 Å². The molecular formula is C14H23N3O4. The van der Waals surface area contributed by atoms with Crippen LogP contribution in [0.15, 0.2) is 0 Å². The van der Waals surface area contributed by atoms with Crippen molar-refractivity contribution in [2.75, 3.05) is 20.1 Å². The van der Waals surface area contributed by atoms with E-state index in [1.54, 1.807) is 18.9 Å². The van der Waals surface area contributed by atoms with E-state index in [1.807, 2.05) is 0 Å². The molecule has 7 heteroatoms. The molecule has 3 N–H and O–H groups in total. The molecule has 2 aliphatic rings. The molecule has 0 spiro atoms. The highest BCUT2D eigenvalue weighted by Gasteiger charge is 2.49. The average molecular weight is 297 g/mol. The number of amides is 3. The van der Waals surface area contributed by atoms with E-state index in [4.69, 9.17) is 0 Å². The molecule has 2 rings (SSSR count). The van der Waals surface area contributed by atoms with Gasteiger partial charge in [0, 0.05) is 26.1 Å². The zero-order valence-corrected chi connectivity index (χ0v) is 12.5. The van der Waals surface area contributed by atoms with Crippen LogP contribution in [-0.4, -0.2) is 53.6 Å². The van der Waals surface area contributed by atoms with E-state index in [1.165, 1.54) is 0 Å². The fraction of sp³-hybridized carbons (Fsp3) is 0.786. The van der Waals surface area contributed by atoms with Crippen molar-refractivity contribution in [1.29, 1.82) is 0 Å². The molecule has 3 amide bonds. The third-order valence-corrected chi connectivity index (χ3v) is 4.60. The number of nitrogens with zero attached hydrogens (tertiary/aromatic N) is 1. The number of carboxylic acid groups (broad SMARTS) is 1. The van der Waals surface area contributed by atoms with Crippen molar-refractivity contribution in [3.05, 3.63) is 0 Å². The molecule has 1 unspecified atom stereocenters. The molecule has 1 aliphatic carbocycles. The molecule has 0 aromatic heterocycles. The molecule has 2 fully saturated rings. The number of carboxylic acids is 1. The maximum atomic E-state index is 12.2. The van der Waals surface area contributed by atoms with Crippen LogP contribution in [-0.2, 0) is 9.59 Å². The number of likely N-dealkylation sites (tertiary alicyclic amines) is 1. The van der Waals surface area contributed by atoms with Crippen LogP contribution >= 0.6 is 0 Å². The Kier molecular flexibility index (Phi) is 4.39. The summed E-state index contributed by atoms with van der Waals surface area (Å²) < 4.78 is 0. The first kappa shape index (κ1) is 15.6. The molecule has 0 aromatic rings. The fourth-order valence-corrected chi connectivity index (χ4v) is 2.84. The summed E-state index contributed by atoms with van der Waals surface area (Å²) in [7, 11) is 1.61. The first-order valence-corrected chi connectivity index (χ1v) is 7.40. The van der Waals surface area contributed by atoms with Gasteiger partial charge in [-0.05, 0) is 38.5 Å². The van der Waals surface area contributed by atoms with Gasteiger partial charge in [-0.25, -0.2) is 9.59 Å². The Morgan fingerprint density at radius 2 is 1.71 bits per heavy atom. The van der Waals surface area contributed by atoms with Gasteiger partial charge in [-0.15, -0.1) is 0 Å². The lowest BCUT2D eigenvalue weighted by Crippen LogP contribution is -2.58. The summed E-state index contributed by atoms with van der Waals surface area (Å²) in [6, 6.07) is -0.345. The number of nitrogens with one attached hydrogen (secondary N) is 2. The van der Waals surface area contributed by atoms with Crippen LogP contribution in [0.25, 0.3) is 0 Å². The monoisotopic (exact) mass is 297 g/mol. The van der Waals surface area contributed by atoms with Gasteiger partial charge < -0.3 is 20.6 Å². The van der Waals surface area contributed by atoms with E-state index in [9.17, 15) is 19.5 Å². The Balaban J connectivity index is 1.90. The second-order valence-electron chi connectivity index (χ2n) is 6.09. The van der Waals surface area contributed by atoms with E-state index in [0.29, 0.717) is 25.9 Å². The van der Waals surface area contributed by atoms with Crippen LogP contribution in [0.5, 0.6) is 0 Å². The maximum absolute atomic E-state index is 12.2. The topological polar surface area (TPSA) is 98.7 Å². The van der Waals surface area contributed by atoms with Crippen molar-refractivity contribution in [2.24, 2.45) is 11.8 Å². The molecule has 0 radical (unpaired) electrons. The number of rotatable bonds is 4. The summed E-state index contributed by atoms with van der Waals surface area (Å²) in [4.78, 5) is 36.8. The Morgan fingerprint density at radius 3 is 2.14 bits per heavy atom. The molecular weight excluding hydrogens is 274 g/mol. The van der Waals surface area contributed by atoms with E-state index in [2.05, 4.69) is 10.6 Å². The molecule has 1 saturated carbocycles. The zero-order valence-electron chi connectivity index (χ0n) is 12.5. The number of carbonyl (C=O) groups excluding carboxylic acids is 2. The van der Waals surface area contributed by atoms with E-state index < -0.39 is 11.5 Å². The number of piperidine rings is 1. The standard InChI is InChI=1S/C14H23N3O4/c1-14(12(19)20,10-3-4-10)16-13(21)17-7-5-9(6-8-17)11(18)15-2/h9-10H,3-8H2,1-2H3,(H,15,18)(H,16,21)(H,19,20). The average Bonchev–Trinajstić information content (AvgIpc) is 3.31. The second kappa shape index (κ2) is 5.91. The smallest absolute Gasteiger partial charge is 0.329 e. The summed E-state index contributed by atoms with van der Waals surface area (Å²) in [6.07, 6.45) is 2.89. The van der Waals surface area contributed by atoms with E-state index >= 15 is 0 Å². The van der Waals surface area contributed by atoms with Crippen LogP contribution in [0.2, 0.25) is 0 Å². The molecule has 21 heavy (non-hydrogen) atoms.